The molecule has 0 N–H and O–H groups in total. The molecule has 1 unspecified atom stereocenters. The summed E-state index contributed by atoms with van der Waals surface area (Å²) in [5.41, 5.74) is 0.983. The fraction of sp³-hybridized carbons (Fsp3) is 0.645. The zero-order chi connectivity index (χ0) is 27.9. The van der Waals surface area contributed by atoms with Crippen LogP contribution in [0, 0.1) is 37.2 Å². The average molecular weight is 572 g/mol. The van der Waals surface area contributed by atoms with Crippen LogP contribution in [-0.2, 0) is 19.1 Å². The molecule has 0 saturated heterocycles. The quantitative estimate of drug-likeness (QED) is 0.128. The van der Waals surface area contributed by atoms with Crippen LogP contribution in [0.3, 0.4) is 0 Å². The van der Waals surface area contributed by atoms with E-state index >= 15 is 0 Å². The number of hydrogen-bond donors (Lipinski definition) is 0. The molecule has 0 bridgehead atoms. The van der Waals surface area contributed by atoms with Gasteiger partial charge in [-0.05, 0) is 81.8 Å². The molecule has 8 heteroatoms. The fourth-order valence-corrected chi connectivity index (χ4v) is 8.64. The lowest BCUT2D eigenvalue weighted by molar-refractivity contribution is -0.141. The molecule has 2 fully saturated rings. The molecule has 0 spiro atoms. The van der Waals surface area contributed by atoms with Crippen molar-refractivity contribution in [2.24, 2.45) is 23.7 Å². The van der Waals surface area contributed by atoms with Crippen molar-refractivity contribution in [2.45, 2.75) is 101 Å². The first-order valence-corrected chi connectivity index (χ1v) is 16.0. The van der Waals surface area contributed by atoms with Crippen LogP contribution in [0.25, 0.3) is 4.85 Å². The maximum Gasteiger partial charge on any atom is 0.338 e. The van der Waals surface area contributed by atoms with Crippen LogP contribution in [-0.4, -0.2) is 31.8 Å². The normalized spacial score (nSPS) is 26.7. The number of aryl methyl sites for hydroxylation is 1. The molecule has 4 rings (SSSR count). The van der Waals surface area contributed by atoms with E-state index in [-0.39, 0.29) is 30.3 Å². The molecule has 212 valence electrons. The number of benzene rings is 1. The second kappa shape index (κ2) is 14.1. The minimum absolute atomic E-state index is 0.0305. The molecule has 2 saturated carbocycles. The van der Waals surface area contributed by atoms with E-state index < -0.39 is 5.97 Å². The van der Waals surface area contributed by atoms with Crippen molar-refractivity contribution in [3.05, 3.63) is 39.0 Å². The third kappa shape index (κ3) is 7.42. The summed E-state index contributed by atoms with van der Waals surface area (Å²) in [5, 5.41) is 0. The minimum Gasteiger partial charge on any atom is -0.470 e. The fourth-order valence-electron chi connectivity index (χ4n) is 6.01. The van der Waals surface area contributed by atoms with Gasteiger partial charge in [-0.15, -0.1) is 0 Å². The number of nitrogens with zero attached hydrogens (tertiary/aromatic N) is 1. The number of methoxy groups -OCH3 is 1. The number of carbonyl (C=O) groups is 2. The van der Waals surface area contributed by atoms with Crippen molar-refractivity contribution >= 4 is 35.5 Å². The molecule has 0 radical (unpaired) electrons. The summed E-state index contributed by atoms with van der Waals surface area (Å²) < 4.78 is 17.1. The van der Waals surface area contributed by atoms with Gasteiger partial charge in [-0.1, -0.05) is 55.8 Å². The van der Waals surface area contributed by atoms with Crippen LogP contribution in [0.15, 0.2) is 31.9 Å². The Kier molecular flexibility index (Phi) is 10.9. The molecule has 3 aliphatic rings. The van der Waals surface area contributed by atoms with E-state index in [2.05, 4.69) is 11.8 Å². The van der Waals surface area contributed by atoms with Crippen LogP contribution in [0.2, 0.25) is 0 Å². The van der Waals surface area contributed by atoms with Crippen LogP contribution >= 0.6 is 23.5 Å². The van der Waals surface area contributed by atoms with E-state index in [0.29, 0.717) is 16.4 Å². The van der Waals surface area contributed by atoms with Gasteiger partial charge in [0.1, 0.15) is 5.75 Å². The second-order valence-corrected chi connectivity index (χ2v) is 13.5. The first-order chi connectivity index (χ1) is 18.8. The molecule has 0 aromatic heterocycles. The van der Waals surface area contributed by atoms with Gasteiger partial charge in [0.2, 0.25) is 0 Å². The molecule has 39 heavy (non-hydrogen) atoms. The van der Waals surface area contributed by atoms with Gasteiger partial charge in [-0.2, -0.15) is 0 Å². The monoisotopic (exact) mass is 571 g/mol. The van der Waals surface area contributed by atoms with Gasteiger partial charge < -0.3 is 14.2 Å². The van der Waals surface area contributed by atoms with Crippen LogP contribution < -0.4 is 4.74 Å². The predicted octanol–water partition coefficient (Wildman–Crippen LogP) is 8.18. The Labute approximate surface area is 241 Å². The van der Waals surface area contributed by atoms with Gasteiger partial charge >= 0.3 is 11.9 Å². The molecular formula is C31H41NO5S2. The highest BCUT2D eigenvalue weighted by Gasteiger charge is 2.35. The highest BCUT2D eigenvalue weighted by Crippen LogP contribution is 2.57. The van der Waals surface area contributed by atoms with Gasteiger partial charge in [-0.25, -0.2) is 4.85 Å². The van der Waals surface area contributed by atoms with Gasteiger partial charge in [-0.3, -0.25) is 9.59 Å². The molecule has 1 aromatic rings. The van der Waals surface area contributed by atoms with E-state index in [1.807, 2.05) is 26.0 Å². The Morgan fingerprint density at radius 3 is 2.28 bits per heavy atom. The number of rotatable bonds is 9. The summed E-state index contributed by atoms with van der Waals surface area (Å²) in [7, 11) is 1.61. The Bertz CT molecular complexity index is 1110. The zero-order valence-corrected chi connectivity index (χ0v) is 25.3. The highest BCUT2D eigenvalue weighted by molar-refractivity contribution is 8.24. The molecule has 1 aliphatic heterocycles. The lowest BCUT2D eigenvalue weighted by Gasteiger charge is -2.37. The summed E-state index contributed by atoms with van der Waals surface area (Å²) >= 11 is 2.69. The smallest absolute Gasteiger partial charge is 0.338 e. The summed E-state index contributed by atoms with van der Waals surface area (Å²) in [4.78, 5) is 31.1. The standard InChI is InChI=1S/C31H41NO5S2/c1-6-21-8-10-22(11-9-21)23-12-14-24(15-13-23)29(33)37-25-16-7-19(2)27-28(25)39-31(38-27)26(32-4)30(34)36-18-17-20(3)35-5/h7,16,20-24H,6,8-15,17-18H2,1-3,5H3/b31-26+. The first kappa shape index (κ1) is 30.0. The summed E-state index contributed by atoms with van der Waals surface area (Å²) in [5.74, 6) is 2.15. The molecule has 2 aliphatic carbocycles. The van der Waals surface area contributed by atoms with E-state index in [1.165, 1.54) is 55.6 Å². The largest absolute Gasteiger partial charge is 0.470 e. The highest BCUT2D eigenvalue weighted by atomic mass is 32.2. The molecule has 1 aromatic carbocycles. The van der Waals surface area contributed by atoms with E-state index in [9.17, 15) is 9.59 Å². The number of esters is 2. The van der Waals surface area contributed by atoms with E-state index in [0.717, 1.165) is 58.8 Å². The van der Waals surface area contributed by atoms with Crippen LogP contribution in [0.5, 0.6) is 5.75 Å². The third-order valence-corrected chi connectivity index (χ3v) is 11.5. The SMILES string of the molecule is [C-]#[N+]/C(C(=O)OCCC(C)OC)=C1\Sc2c(C)ccc(OC(=O)C3CCC(C4CCC(CC)CC4)CC3)c2S1. The molecule has 1 heterocycles. The minimum atomic E-state index is -0.632. The van der Waals surface area contributed by atoms with Crippen molar-refractivity contribution in [2.75, 3.05) is 13.7 Å². The lowest BCUT2D eigenvalue weighted by Crippen LogP contribution is -2.30. The topological polar surface area (TPSA) is 66.2 Å². The van der Waals surface area contributed by atoms with Crippen molar-refractivity contribution in [3.63, 3.8) is 0 Å². The average Bonchev–Trinajstić information content (AvgIpc) is 3.41. The number of fused-ring (bicyclic) bond motifs is 1. The summed E-state index contributed by atoms with van der Waals surface area (Å²) in [6.07, 6.45) is 11.3. The first-order valence-electron chi connectivity index (χ1n) is 14.4. The van der Waals surface area contributed by atoms with Gasteiger partial charge in [0.25, 0.3) is 5.70 Å². The summed E-state index contributed by atoms with van der Waals surface area (Å²) in [6.45, 7) is 14.0. The molecule has 6 nitrogen and oxygen atoms in total. The predicted molar refractivity (Wildman–Crippen MR) is 155 cm³/mol. The zero-order valence-electron chi connectivity index (χ0n) is 23.6. The van der Waals surface area contributed by atoms with Crippen LogP contribution in [0.4, 0.5) is 0 Å². The number of carbonyl (C=O) groups excluding carboxylic acids is 2. The number of ether oxygens (including phenoxy) is 3. The molecule has 0 amide bonds. The van der Waals surface area contributed by atoms with Gasteiger partial charge in [0.15, 0.2) is 0 Å². The van der Waals surface area contributed by atoms with Crippen molar-refractivity contribution < 1.29 is 23.8 Å². The van der Waals surface area contributed by atoms with Crippen molar-refractivity contribution in [3.8, 4) is 5.75 Å². The van der Waals surface area contributed by atoms with E-state index in [4.69, 9.17) is 20.8 Å². The number of hydrogen-bond acceptors (Lipinski definition) is 7. The Morgan fingerprint density at radius 2 is 1.67 bits per heavy atom. The van der Waals surface area contributed by atoms with Crippen LogP contribution in [0.1, 0.15) is 83.6 Å². The third-order valence-electron chi connectivity index (χ3n) is 8.77. The molecule has 1 atom stereocenters. The van der Waals surface area contributed by atoms with Gasteiger partial charge in [0.05, 0.1) is 34.3 Å². The maximum absolute atomic E-state index is 13.2. The van der Waals surface area contributed by atoms with Crippen molar-refractivity contribution in [1.82, 2.24) is 0 Å². The number of thioether (sulfide) groups is 2. The maximum atomic E-state index is 13.2. The second-order valence-electron chi connectivity index (χ2n) is 11.2. The Hall–Kier alpha value is -1.95. The molecular weight excluding hydrogens is 530 g/mol. The van der Waals surface area contributed by atoms with Crippen molar-refractivity contribution in [1.29, 1.82) is 0 Å². The van der Waals surface area contributed by atoms with E-state index in [1.54, 1.807) is 7.11 Å². The lowest BCUT2D eigenvalue weighted by atomic mass is 9.69. The Morgan fingerprint density at radius 1 is 1.03 bits per heavy atom. The Balaban J connectivity index is 1.37. The van der Waals surface area contributed by atoms with Gasteiger partial charge in [0, 0.05) is 18.4 Å². The summed E-state index contributed by atoms with van der Waals surface area (Å²) in [6, 6.07) is 3.77.